The Bertz CT molecular complexity index is 883. The summed E-state index contributed by atoms with van der Waals surface area (Å²) in [6.45, 7) is 0. The average Bonchev–Trinajstić information content (AvgIpc) is 2.72. The smallest absolute Gasteiger partial charge is 0.337 e. The lowest BCUT2D eigenvalue weighted by Crippen LogP contribution is -2.48. The number of hydrogen-bond acceptors (Lipinski definition) is 6. The number of hydrazine groups is 1. The molecule has 0 aliphatic rings. The molecule has 0 bridgehead atoms. The fourth-order valence-electron chi connectivity index (χ4n) is 2.21. The number of nitrogens with one attached hydrogen (secondary N) is 3. The predicted octanol–water partition coefficient (Wildman–Crippen LogP) is 1.36. The van der Waals surface area contributed by atoms with E-state index in [4.69, 9.17) is 17.0 Å². The molecule has 0 aliphatic heterocycles. The molecule has 2 amide bonds. The standard InChI is InChI=1S/C19H19N3O5S/c1-26-15-8-6-12(7-9-15)10-16(23)21-22-19(28)20-17(24)13-4-3-5-14(11-13)18(25)27-2/h3-9,11H,10H2,1-2H3,(H,21,23)(H2,20,22,24,28). The summed E-state index contributed by atoms with van der Waals surface area (Å²) < 4.78 is 9.67. The molecule has 0 heterocycles. The number of methoxy groups -OCH3 is 2. The van der Waals surface area contributed by atoms with E-state index in [1.165, 1.54) is 25.3 Å². The lowest BCUT2D eigenvalue weighted by molar-refractivity contribution is -0.121. The Labute approximate surface area is 167 Å². The Balaban J connectivity index is 1.83. The van der Waals surface area contributed by atoms with Gasteiger partial charge in [-0.2, -0.15) is 0 Å². The van der Waals surface area contributed by atoms with Crippen LogP contribution >= 0.6 is 12.2 Å². The van der Waals surface area contributed by atoms with Gasteiger partial charge in [-0.3, -0.25) is 25.8 Å². The maximum Gasteiger partial charge on any atom is 0.337 e. The van der Waals surface area contributed by atoms with Crippen molar-refractivity contribution in [3.63, 3.8) is 0 Å². The first-order valence-corrected chi connectivity index (χ1v) is 8.55. The third-order valence-electron chi connectivity index (χ3n) is 3.61. The molecule has 2 rings (SSSR count). The van der Waals surface area contributed by atoms with Gasteiger partial charge >= 0.3 is 5.97 Å². The van der Waals surface area contributed by atoms with E-state index in [2.05, 4.69) is 20.9 Å². The molecule has 0 aliphatic carbocycles. The molecule has 0 spiro atoms. The van der Waals surface area contributed by atoms with Crippen LogP contribution < -0.4 is 20.9 Å². The van der Waals surface area contributed by atoms with Crippen molar-refractivity contribution < 1.29 is 23.9 Å². The van der Waals surface area contributed by atoms with E-state index in [1.54, 1.807) is 37.4 Å². The van der Waals surface area contributed by atoms with Crippen molar-refractivity contribution in [3.8, 4) is 5.75 Å². The topological polar surface area (TPSA) is 106 Å². The van der Waals surface area contributed by atoms with Crippen LogP contribution in [0, 0.1) is 0 Å². The summed E-state index contributed by atoms with van der Waals surface area (Å²) in [5.74, 6) is -0.731. The molecule has 28 heavy (non-hydrogen) atoms. The third-order valence-corrected chi connectivity index (χ3v) is 3.82. The van der Waals surface area contributed by atoms with E-state index in [9.17, 15) is 14.4 Å². The summed E-state index contributed by atoms with van der Waals surface area (Å²) in [6, 6.07) is 13.0. The SMILES string of the molecule is COC(=O)c1cccc(C(=O)NC(=S)NNC(=O)Cc2ccc(OC)cc2)c1. The minimum absolute atomic E-state index is 0.0865. The summed E-state index contributed by atoms with van der Waals surface area (Å²) in [5.41, 5.74) is 6.11. The zero-order chi connectivity index (χ0) is 20.5. The van der Waals surface area contributed by atoms with Gasteiger partial charge in [-0.05, 0) is 48.1 Å². The monoisotopic (exact) mass is 401 g/mol. The maximum absolute atomic E-state index is 12.2. The van der Waals surface area contributed by atoms with Crippen LogP contribution in [0.4, 0.5) is 0 Å². The Morgan fingerprint density at radius 2 is 1.64 bits per heavy atom. The van der Waals surface area contributed by atoms with Crippen LogP contribution in [-0.4, -0.2) is 37.1 Å². The second kappa shape index (κ2) is 10.0. The molecule has 2 aromatic rings. The zero-order valence-electron chi connectivity index (χ0n) is 15.3. The maximum atomic E-state index is 12.2. The highest BCUT2D eigenvalue weighted by Gasteiger charge is 2.12. The van der Waals surface area contributed by atoms with Crippen molar-refractivity contribution in [1.82, 2.24) is 16.2 Å². The van der Waals surface area contributed by atoms with Gasteiger partial charge in [0.2, 0.25) is 5.91 Å². The molecule has 8 nitrogen and oxygen atoms in total. The number of rotatable bonds is 5. The van der Waals surface area contributed by atoms with E-state index in [1.807, 2.05) is 0 Å². The van der Waals surface area contributed by atoms with Crippen molar-refractivity contribution in [2.75, 3.05) is 14.2 Å². The molecule has 146 valence electrons. The summed E-state index contributed by atoms with van der Waals surface area (Å²) >= 11 is 4.99. The number of carbonyl (C=O) groups excluding carboxylic acids is 3. The molecule has 0 unspecified atom stereocenters. The average molecular weight is 401 g/mol. The van der Waals surface area contributed by atoms with E-state index < -0.39 is 11.9 Å². The van der Waals surface area contributed by atoms with Crippen LogP contribution in [0.3, 0.4) is 0 Å². The second-order valence-electron chi connectivity index (χ2n) is 5.55. The molecule has 9 heteroatoms. The minimum Gasteiger partial charge on any atom is -0.497 e. The number of ether oxygens (including phenoxy) is 2. The molecule has 0 fully saturated rings. The Kier molecular flexibility index (Phi) is 7.46. The third kappa shape index (κ3) is 6.06. The first-order valence-electron chi connectivity index (χ1n) is 8.14. The van der Waals surface area contributed by atoms with Crippen molar-refractivity contribution in [2.45, 2.75) is 6.42 Å². The Morgan fingerprint density at radius 1 is 0.964 bits per heavy atom. The molecule has 0 aromatic heterocycles. The largest absolute Gasteiger partial charge is 0.497 e. The summed E-state index contributed by atoms with van der Waals surface area (Å²) in [4.78, 5) is 35.7. The van der Waals surface area contributed by atoms with Crippen molar-refractivity contribution in [2.24, 2.45) is 0 Å². The van der Waals surface area contributed by atoms with Crippen LogP contribution in [0.25, 0.3) is 0 Å². The van der Waals surface area contributed by atoms with Crippen LogP contribution in [0.15, 0.2) is 48.5 Å². The Morgan fingerprint density at radius 3 is 2.29 bits per heavy atom. The highest BCUT2D eigenvalue weighted by molar-refractivity contribution is 7.80. The number of hydrogen-bond donors (Lipinski definition) is 3. The lowest BCUT2D eigenvalue weighted by atomic mass is 10.1. The number of amides is 2. The predicted molar refractivity (Wildman–Crippen MR) is 106 cm³/mol. The van der Waals surface area contributed by atoms with Gasteiger partial charge in [-0.1, -0.05) is 18.2 Å². The molecule has 0 saturated heterocycles. The summed E-state index contributed by atoms with van der Waals surface area (Å²) in [6.07, 6.45) is 0.120. The van der Waals surface area contributed by atoms with Crippen molar-refractivity contribution in [1.29, 1.82) is 0 Å². The first kappa shape index (κ1) is 20.8. The van der Waals surface area contributed by atoms with Gasteiger partial charge in [0.1, 0.15) is 5.75 Å². The number of carbonyl (C=O) groups is 3. The quantitative estimate of drug-likeness (QED) is 0.395. The second-order valence-corrected chi connectivity index (χ2v) is 5.96. The van der Waals surface area contributed by atoms with Crippen LogP contribution in [0.2, 0.25) is 0 Å². The van der Waals surface area contributed by atoms with Gasteiger partial charge in [0.15, 0.2) is 5.11 Å². The molecule has 2 aromatic carbocycles. The van der Waals surface area contributed by atoms with Gasteiger partial charge in [0.25, 0.3) is 5.91 Å². The van der Waals surface area contributed by atoms with Crippen LogP contribution in [0.5, 0.6) is 5.75 Å². The van der Waals surface area contributed by atoms with Crippen LogP contribution in [-0.2, 0) is 16.0 Å². The normalized spacial score (nSPS) is 9.79. The minimum atomic E-state index is -0.554. The van der Waals surface area contributed by atoms with E-state index in [0.29, 0.717) is 5.75 Å². The molecular formula is C19H19N3O5S. The summed E-state index contributed by atoms with van der Waals surface area (Å²) in [5, 5.41) is 2.33. The molecule has 0 radical (unpaired) electrons. The van der Waals surface area contributed by atoms with E-state index >= 15 is 0 Å². The van der Waals surface area contributed by atoms with Gasteiger partial charge in [0.05, 0.1) is 26.2 Å². The number of esters is 1. The van der Waals surface area contributed by atoms with Crippen LogP contribution in [0.1, 0.15) is 26.3 Å². The fourth-order valence-corrected chi connectivity index (χ4v) is 2.35. The zero-order valence-corrected chi connectivity index (χ0v) is 16.1. The van der Waals surface area contributed by atoms with Gasteiger partial charge in [-0.15, -0.1) is 0 Å². The highest BCUT2D eigenvalue weighted by atomic mass is 32.1. The molecule has 3 N–H and O–H groups in total. The lowest BCUT2D eigenvalue weighted by Gasteiger charge is -2.11. The van der Waals surface area contributed by atoms with Crippen molar-refractivity contribution in [3.05, 3.63) is 65.2 Å². The highest BCUT2D eigenvalue weighted by Crippen LogP contribution is 2.11. The van der Waals surface area contributed by atoms with Gasteiger partial charge in [-0.25, -0.2) is 4.79 Å². The van der Waals surface area contributed by atoms with E-state index in [-0.39, 0.29) is 28.6 Å². The van der Waals surface area contributed by atoms with E-state index in [0.717, 1.165) is 5.56 Å². The number of thiocarbonyl (C=S) groups is 1. The first-order chi connectivity index (χ1) is 13.4. The Hall–Kier alpha value is -3.46. The van der Waals surface area contributed by atoms with Gasteiger partial charge < -0.3 is 9.47 Å². The molecule has 0 atom stereocenters. The molecule has 0 saturated carbocycles. The fraction of sp³-hybridized carbons (Fsp3) is 0.158. The number of benzene rings is 2. The summed E-state index contributed by atoms with van der Waals surface area (Å²) in [7, 11) is 2.81. The van der Waals surface area contributed by atoms with Crippen molar-refractivity contribution >= 4 is 35.1 Å². The van der Waals surface area contributed by atoms with Gasteiger partial charge in [0, 0.05) is 5.56 Å². The molecular weight excluding hydrogens is 382 g/mol.